The average Bonchev–Trinajstić information content (AvgIpc) is 1.61. The van der Waals surface area contributed by atoms with Crippen LogP contribution in [0, 0.1) is 0 Å². The average molecular weight is 86.1 g/mol. The summed E-state index contributed by atoms with van der Waals surface area (Å²) in [6.45, 7) is 3.28. The van der Waals surface area contributed by atoms with E-state index in [1.54, 1.807) is 0 Å². The smallest absolute Gasteiger partial charge is 0.0145 e. The number of hydrogen-bond donors (Lipinski definition) is 2. The number of nitrogens with two attached hydrogens (primary N) is 1. The number of nitrogens with zero attached hydrogens (tertiary/aromatic N) is 2. The minimum Gasteiger partial charge on any atom is -0.303 e. The Balaban J connectivity index is 2.85. The highest BCUT2D eigenvalue weighted by Gasteiger charge is 1.51. The van der Waals surface area contributed by atoms with Gasteiger partial charge in [0.1, 0.15) is 0 Å². The fraction of sp³-hybridized carbons (Fsp3) is 0. The Morgan fingerprint density at radius 2 is 2.50 bits per heavy atom. The zero-order chi connectivity index (χ0) is 4.83. The van der Waals surface area contributed by atoms with E-state index in [0.717, 1.165) is 0 Å². The van der Waals surface area contributed by atoms with E-state index in [-0.39, 0.29) is 0 Å². The van der Waals surface area contributed by atoms with Crippen molar-refractivity contribution in [2.45, 2.75) is 0 Å². The molecule has 0 fully saturated rings. The Labute approximate surface area is 35.7 Å². The fourth-order valence-corrected chi connectivity index (χ4v) is 0.0742. The number of hydrogen-bond acceptors (Lipinski definition) is 2. The molecule has 0 heterocycles. The van der Waals surface area contributed by atoms with Crippen LogP contribution in [0.2, 0.25) is 0 Å². The lowest BCUT2D eigenvalue weighted by Gasteiger charge is -1.76. The molecule has 0 saturated heterocycles. The van der Waals surface area contributed by atoms with Crippen molar-refractivity contribution in [2.75, 3.05) is 0 Å². The lowest BCUT2D eigenvalue weighted by molar-refractivity contribution is 0.825. The van der Waals surface area contributed by atoms with E-state index in [0.29, 0.717) is 0 Å². The summed E-state index contributed by atoms with van der Waals surface area (Å²) in [5.74, 6) is 4.56. The summed E-state index contributed by atoms with van der Waals surface area (Å²) >= 11 is 0. The third kappa shape index (κ3) is 2.94. The van der Waals surface area contributed by atoms with Gasteiger partial charge in [-0.05, 0) is 0 Å². The molecule has 6 heavy (non-hydrogen) atoms. The van der Waals surface area contributed by atoms with Gasteiger partial charge in [0.15, 0.2) is 0 Å². The molecule has 0 saturated carbocycles. The molecule has 0 rings (SSSR count). The third-order valence-corrected chi connectivity index (χ3v) is 0.207. The first-order valence-electron chi connectivity index (χ1n) is 1.38. The van der Waals surface area contributed by atoms with E-state index in [1.165, 1.54) is 6.20 Å². The molecule has 0 spiro atoms. The van der Waals surface area contributed by atoms with Gasteiger partial charge >= 0.3 is 0 Å². The van der Waals surface area contributed by atoms with Crippen LogP contribution < -0.4 is 11.3 Å². The molecule has 0 aromatic carbocycles. The first kappa shape index (κ1) is 4.94. The van der Waals surface area contributed by atoms with E-state index >= 15 is 0 Å². The molecular weight excluding hydrogens is 80.0 g/mol. The van der Waals surface area contributed by atoms with Gasteiger partial charge in [-0.15, -0.1) is 0 Å². The van der Waals surface area contributed by atoms with Gasteiger partial charge in [-0.1, -0.05) is 17.0 Å². The molecule has 0 aliphatic rings. The van der Waals surface area contributed by atoms with Gasteiger partial charge in [-0.3, -0.25) is 5.43 Å². The fourth-order valence-electron chi connectivity index (χ4n) is 0.0742. The topological polar surface area (TPSA) is 62.8 Å². The maximum Gasteiger partial charge on any atom is 0.0145 e. The SMILES string of the molecule is C=CN/N=N\N. The lowest BCUT2D eigenvalue weighted by atomic mass is 11.1. The molecule has 0 atom stereocenters. The maximum atomic E-state index is 4.56. The molecule has 0 aromatic rings. The van der Waals surface area contributed by atoms with Crippen molar-refractivity contribution in [3.8, 4) is 0 Å². The van der Waals surface area contributed by atoms with Crippen molar-refractivity contribution in [2.24, 2.45) is 16.3 Å². The van der Waals surface area contributed by atoms with Crippen LogP contribution in [0.5, 0.6) is 0 Å². The molecular formula is C2H6N4. The molecule has 0 amide bonds. The summed E-state index contributed by atoms with van der Waals surface area (Å²) in [4.78, 5) is 0. The van der Waals surface area contributed by atoms with Crippen molar-refractivity contribution in [1.29, 1.82) is 0 Å². The molecule has 0 aromatic heterocycles. The van der Waals surface area contributed by atoms with E-state index in [2.05, 4.69) is 28.3 Å². The van der Waals surface area contributed by atoms with Gasteiger partial charge in [0.25, 0.3) is 0 Å². The highest BCUT2D eigenvalue weighted by Crippen LogP contribution is 1.53. The monoisotopic (exact) mass is 86.1 g/mol. The van der Waals surface area contributed by atoms with E-state index < -0.39 is 0 Å². The summed E-state index contributed by atoms with van der Waals surface area (Å²) < 4.78 is 0. The Hall–Kier alpha value is -1.06. The second-order valence-electron chi connectivity index (χ2n) is 0.549. The first-order chi connectivity index (χ1) is 2.91. The molecule has 4 heteroatoms. The maximum absolute atomic E-state index is 4.56. The largest absolute Gasteiger partial charge is 0.303 e. The third-order valence-electron chi connectivity index (χ3n) is 0.207. The minimum atomic E-state index is 1.37. The van der Waals surface area contributed by atoms with Crippen LogP contribution >= 0.6 is 0 Å². The Bertz CT molecular complexity index is 56.6. The van der Waals surface area contributed by atoms with Gasteiger partial charge in [-0.2, -0.15) is 0 Å². The van der Waals surface area contributed by atoms with Gasteiger partial charge in [0.2, 0.25) is 0 Å². The van der Waals surface area contributed by atoms with Crippen LogP contribution in [0.25, 0.3) is 0 Å². The van der Waals surface area contributed by atoms with Crippen molar-refractivity contribution in [1.82, 2.24) is 5.43 Å². The highest BCUT2D eigenvalue weighted by atomic mass is 15.5. The Kier molecular flexibility index (Phi) is 3.24. The standard InChI is InChI=1S/C2H6N4/c1-2-4-6-5-3/h2H,1H2,(H2,3,6)(H,4,5). The van der Waals surface area contributed by atoms with Gasteiger partial charge in [0, 0.05) is 6.20 Å². The van der Waals surface area contributed by atoms with Crippen LogP contribution in [-0.4, -0.2) is 0 Å². The van der Waals surface area contributed by atoms with Crippen LogP contribution in [0.3, 0.4) is 0 Å². The predicted molar refractivity (Wildman–Crippen MR) is 22.4 cm³/mol. The summed E-state index contributed by atoms with van der Waals surface area (Å²) in [7, 11) is 0. The quantitative estimate of drug-likeness (QED) is 0.281. The van der Waals surface area contributed by atoms with E-state index in [1.807, 2.05) is 0 Å². The summed E-state index contributed by atoms with van der Waals surface area (Å²) in [5, 5.41) is 5.99. The van der Waals surface area contributed by atoms with Gasteiger partial charge in [-0.25, -0.2) is 0 Å². The van der Waals surface area contributed by atoms with Gasteiger partial charge < -0.3 is 5.84 Å². The second-order valence-corrected chi connectivity index (χ2v) is 0.549. The predicted octanol–water partition coefficient (Wildman–Crippen LogP) is -0.0396. The molecule has 34 valence electrons. The summed E-state index contributed by atoms with van der Waals surface area (Å²) in [6.07, 6.45) is 1.37. The molecule has 0 radical (unpaired) electrons. The van der Waals surface area contributed by atoms with Crippen molar-refractivity contribution in [3.63, 3.8) is 0 Å². The lowest BCUT2D eigenvalue weighted by Crippen LogP contribution is -1.90. The minimum absolute atomic E-state index is 1.37. The van der Waals surface area contributed by atoms with Crippen LogP contribution in [0.1, 0.15) is 0 Å². The van der Waals surface area contributed by atoms with Crippen molar-refractivity contribution >= 4 is 0 Å². The molecule has 0 unspecified atom stereocenters. The number of rotatable bonds is 2. The normalized spacial score (nSPS) is 8.67. The van der Waals surface area contributed by atoms with Crippen molar-refractivity contribution in [3.05, 3.63) is 12.8 Å². The Morgan fingerprint density at radius 3 is 2.67 bits per heavy atom. The molecule has 0 aliphatic heterocycles. The summed E-state index contributed by atoms with van der Waals surface area (Å²) in [6, 6.07) is 0. The van der Waals surface area contributed by atoms with E-state index in [4.69, 9.17) is 0 Å². The number of nitrogens with one attached hydrogen (secondary N) is 1. The second kappa shape index (κ2) is 3.94. The zero-order valence-corrected chi connectivity index (χ0v) is 3.26. The van der Waals surface area contributed by atoms with Gasteiger partial charge in [0.05, 0.1) is 0 Å². The summed E-state index contributed by atoms with van der Waals surface area (Å²) in [5.41, 5.74) is 2.30. The van der Waals surface area contributed by atoms with Crippen LogP contribution in [0.15, 0.2) is 23.2 Å². The zero-order valence-electron chi connectivity index (χ0n) is 3.26. The van der Waals surface area contributed by atoms with Crippen molar-refractivity contribution < 1.29 is 0 Å². The Morgan fingerprint density at radius 1 is 1.83 bits per heavy atom. The van der Waals surface area contributed by atoms with Crippen LogP contribution in [-0.2, 0) is 0 Å². The molecule has 0 aliphatic carbocycles. The molecule has 4 nitrogen and oxygen atoms in total. The van der Waals surface area contributed by atoms with Crippen LogP contribution in [0.4, 0.5) is 0 Å². The molecule has 0 bridgehead atoms. The molecule has 3 N–H and O–H groups in total. The highest BCUT2D eigenvalue weighted by molar-refractivity contribution is 4.55. The first-order valence-corrected chi connectivity index (χ1v) is 1.38. The van der Waals surface area contributed by atoms with E-state index in [9.17, 15) is 0 Å².